The molecule has 1 aromatic rings. The smallest absolute Gasteiger partial charge is 0.193 e. The number of nitrogens with one attached hydrogen (secondary N) is 1. The fraction of sp³-hybridized carbons (Fsp3) is 0.789. The molecule has 0 amide bonds. The fourth-order valence-electron chi connectivity index (χ4n) is 3.08. The summed E-state index contributed by atoms with van der Waals surface area (Å²) in [6.07, 6.45) is 4.49. The minimum atomic E-state index is 0.430. The quantitative estimate of drug-likeness (QED) is 0.400. The first kappa shape index (κ1) is 21.5. The van der Waals surface area contributed by atoms with Crippen molar-refractivity contribution in [3.8, 4) is 0 Å². The molecule has 0 saturated carbocycles. The molecule has 0 radical (unpaired) electrons. The Hall–Kier alpha value is -1.56. The molecule has 1 N–H and O–H groups in total. The van der Waals surface area contributed by atoms with Crippen molar-refractivity contribution in [2.24, 2.45) is 12.0 Å². The molecule has 0 aliphatic rings. The second-order valence-corrected chi connectivity index (χ2v) is 6.93. The van der Waals surface area contributed by atoms with Gasteiger partial charge in [-0.25, -0.2) is 0 Å². The molecule has 25 heavy (non-hydrogen) atoms. The number of aliphatic imine (C=N–C) groups is 1. The summed E-state index contributed by atoms with van der Waals surface area (Å²) in [6, 6.07) is 0. The van der Waals surface area contributed by atoms with Gasteiger partial charge in [0.2, 0.25) is 0 Å². The van der Waals surface area contributed by atoms with Gasteiger partial charge < -0.3 is 15.1 Å². The maximum Gasteiger partial charge on any atom is 0.193 e. The molecule has 0 unspecified atom stereocenters. The van der Waals surface area contributed by atoms with E-state index in [0.29, 0.717) is 5.92 Å². The summed E-state index contributed by atoms with van der Waals surface area (Å²) in [5, 5.41) is 8.08. The van der Waals surface area contributed by atoms with Crippen LogP contribution in [0.2, 0.25) is 0 Å². The highest BCUT2D eigenvalue weighted by Crippen LogP contribution is 2.18. The summed E-state index contributed by atoms with van der Waals surface area (Å²) < 4.78 is 1.90. The van der Waals surface area contributed by atoms with Crippen LogP contribution in [0, 0.1) is 0 Å². The van der Waals surface area contributed by atoms with E-state index in [1.807, 2.05) is 18.8 Å². The third-order valence-corrected chi connectivity index (χ3v) is 4.54. The van der Waals surface area contributed by atoms with E-state index >= 15 is 0 Å². The zero-order valence-corrected chi connectivity index (χ0v) is 17.3. The first-order chi connectivity index (χ1) is 11.9. The molecular formula is C19H38N6. The van der Waals surface area contributed by atoms with Gasteiger partial charge in [0.15, 0.2) is 5.96 Å². The highest BCUT2D eigenvalue weighted by molar-refractivity contribution is 5.79. The Morgan fingerprint density at radius 3 is 2.52 bits per heavy atom. The van der Waals surface area contributed by atoms with Crippen LogP contribution in [0.5, 0.6) is 0 Å². The number of rotatable bonds is 10. The number of aryl methyl sites for hydroxylation is 1. The van der Waals surface area contributed by atoms with Crippen LogP contribution in [0.25, 0.3) is 0 Å². The van der Waals surface area contributed by atoms with Crippen LogP contribution in [-0.4, -0.2) is 65.8 Å². The lowest BCUT2D eigenvalue weighted by Gasteiger charge is -2.23. The molecule has 1 heterocycles. The molecule has 0 aliphatic carbocycles. The van der Waals surface area contributed by atoms with Crippen molar-refractivity contribution in [2.75, 3.05) is 40.3 Å². The first-order valence-electron chi connectivity index (χ1n) is 9.59. The molecule has 1 rings (SSSR count). The molecule has 0 aromatic carbocycles. The van der Waals surface area contributed by atoms with Gasteiger partial charge in [-0.2, -0.15) is 5.10 Å². The normalized spacial score (nSPS) is 12.3. The van der Waals surface area contributed by atoms with Gasteiger partial charge in [0.25, 0.3) is 0 Å². The Morgan fingerprint density at radius 1 is 1.28 bits per heavy atom. The largest absolute Gasteiger partial charge is 0.356 e. The average Bonchev–Trinajstić information content (AvgIpc) is 2.95. The van der Waals surface area contributed by atoms with Crippen molar-refractivity contribution in [1.82, 2.24) is 24.9 Å². The van der Waals surface area contributed by atoms with Crippen LogP contribution in [0.1, 0.15) is 57.7 Å². The number of hydrogen-bond donors (Lipinski definition) is 1. The lowest BCUT2D eigenvalue weighted by Crippen LogP contribution is -2.39. The van der Waals surface area contributed by atoms with Crippen LogP contribution in [0.3, 0.4) is 0 Å². The van der Waals surface area contributed by atoms with Gasteiger partial charge in [-0.15, -0.1) is 0 Å². The summed E-state index contributed by atoms with van der Waals surface area (Å²) in [7, 11) is 5.92. The summed E-state index contributed by atoms with van der Waals surface area (Å²) in [5.41, 5.74) is 2.44. The molecule has 0 atom stereocenters. The van der Waals surface area contributed by atoms with E-state index in [2.05, 4.69) is 66.1 Å². The molecule has 6 heteroatoms. The van der Waals surface area contributed by atoms with E-state index in [-0.39, 0.29) is 0 Å². The minimum Gasteiger partial charge on any atom is -0.356 e. The van der Waals surface area contributed by atoms with Gasteiger partial charge in [-0.05, 0) is 38.4 Å². The second-order valence-electron chi connectivity index (χ2n) is 6.93. The lowest BCUT2D eigenvalue weighted by molar-refractivity contribution is 0.297. The topological polar surface area (TPSA) is 48.7 Å². The Morgan fingerprint density at radius 2 is 1.96 bits per heavy atom. The molecule has 0 fully saturated rings. The minimum absolute atomic E-state index is 0.430. The maximum absolute atomic E-state index is 4.59. The zero-order chi connectivity index (χ0) is 18.8. The number of hydrogen-bond acceptors (Lipinski definition) is 3. The maximum atomic E-state index is 4.59. The molecule has 0 saturated heterocycles. The highest BCUT2D eigenvalue weighted by Gasteiger charge is 2.14. The highest BCUT2D eigenvalue weighted by atomic mass is 15.3. The van der Waals surface area contributed by atoms with Crippen LogP contribution in [0.4, 0.5) is 0 Å². The van der Waals surface area contributed by atoms with Gasteiger partial charge in [-0.3, -0.25) is 9.67 Å². The van der Waals surface area contributed by atoms with Gasteiger partial charge in [0.05, 0.1) is 5.69 Å². The van der Waals surface area contributed by atoms with E-state index in [9.17, 15) is 0 Å². The predicted octanol–water partition coefficient (Wildman–Crippen LogP) is 2.67. The third-order valence-electron chi connectivity index (χ3n) is 4.54. The summed E-state index contributed by atoms with van der Waals surface area (Å²) in [6.45, 7) is 14.1. The number of nitrogens with zero attached hydrogens (tertiary/aromatic N) is 5. The Balaban J connectivity index is 2.46. The van der Waals surface area contributed by atoms with Crippen LogP contribution in [0.15, 0.2) is 11.2 Å². The Bertz CT molecular complexity index is 516. The molecule has 1 aromatic heterocycles. The molecule has 0 aliphatic heterocycles. The van der Waals surface area contributed by atoms with E-state index in [4.69, 9.17) is 0 Å². The molecule has 6 nitrogen and oxygen atoms in total. The van der Waals surface area contributed by atoms with Crippen molar-refractivity contribution in [1.29, 1.82) is 0 Å². The number of aromatic nitrogens is 2. The SMILES string of the molecule is CCN(CC)CCCCNC(=NC)N(C)Cc1cn(C)nc1C(C)C. The number of unbranched alkanes of at least 4 members (excludes halogenated alkanes) is 1. The van der Waals surface area contributed by atoms with Crippen molar-refractivity contribution >= 4 is 5.96 Å². The van der Waals surface area contributed by atoms with Crippen molar-refractivity contribution in [3.63, 3.8) is 0 Å². The molecular weight excluding hydrogens is 312 g/mol. The van der Waals surface area contributed by atoms with Crippen LogP contribution < -0.4 is 5.32 Å². The van der Waals surface area contributed by atoms with Gasteiger partial charge in [0, 0.05) is 46.0 Å². The zero-order valence-electron chi connectivity index (χ0n) is 17.3. The first-order valence-corrected chi connectivity index (χ1v) is 9.59. The van der Waals surface area contributed by atoms with Crippen molar-refractivity contribution < 1.29 is 0 Å². The lowest BCUT2D eigenvalue weighted by atomic mass is 10.1. The number of guanidine groups is 1. The summed E-state index contributed by atoms with van der Waals surface area (Å²) >= 11 is 0. The van der Waals surface area contributed by atoms with Gasteiger partial charge in [-0.1, -0.05) is 27.7 Å². The monoisotopic (exact) mass is 350 g/mol. The van der Waals surface area contributed by atoms with E-state index < -0.39 is 0 Å². The van der Waals surface area contributed by atoms with E-state index in [1.165, 1.54) is 24.2 Å². The van der Waals surface area contributed by atoms with Gasteiger partial charge in [0.1, 0.15) is 0 Å². The summed E-state index contributed by atoms with van der Waals surface area (Å²) in [5.74, 6) is 1.38. The Labute approximate surface area is 154 Å². The van der Waals surface area contributed by atoms with E-state index in [0.717, 1.165) is 38.6 Å². The standard InChI is InChI=1S/C19H38N6/c1-8-25(9-2)13-11-10-12-21-19(20-5)23(6)14-17-15-24(7)22-18(17)16(3)4/h15-16H,8-14H2,1-7H3,(H,20,21). The third kappa shape index (κ3) is 7.06. The average molecular weight is 351 g/mol. The van der Waals surface area contributed by atoms with Crippen molar-refractivity contribution in [2.45, 2.75) is 53.0 Å². The fourth-order valence-corrected chi connectivity index (χ4v) is 3.08. The molecule has 0 bridgehead atoms. The van der Waals surface area contributed by atoms with Crippen LogP contribution in [-0.2, 0) is 13.6 Å². The predicted molar refractivity (Wildman–Crippen MR) is 107 cm³/mol. The van der Waals surface area contributed by atoms with Gasteiger partial charge >= 0.3 is 0 Å². The summed E-state index contributed by atoms with van der Waals surface area (Å²) in [4.78, 5) is 9.07. The Kier molecular flexibility index (Phi) is 9.57. The van der Waals surface area contributed by atoms with Crippen LogP contribution >= 0.6 is 0 Å². The molecule has 144 valence electrons. The van der Waals surface area contributed by atoms with E-state index in [1.54, 1.807) is 0 Å². The second kappa shape index (κ2) is 11.1. The molecule has 0 spiro atoms. The van der Waals surface area contributed by atoms with Crippen molar-refractivity contribution in [3.05, 3.63) is 17.5 Å².